The summed E-state index contributed by atoms with van der Waals surface area (Å²) in [6.45, 7) is 6.84. The van der Waals surface area contributed by atoms with Crippen LogP contribution in [0.15, 0.2) is 54.6 Å². The van der Waals surface area contributed by atoms with Gasteiger partial charge in [0.1, 0.15) is 11.6 Å². The van der Waals surface area contributed by atoms with Crippen molar-refractivity contribution in [3.05, 3.63) is 65.7 Å². The third-order valence-corrected chi connectivity index (χ3v) is 8.13. The highest BCUT2D eigenvalue weighted by molar-refractivity contribution is 7.92. The molecular weight excluding hydrogens is 506 g/mol. The van der Waals surface area contributed by atoms with E-state index in [4.69, 9.17) is 9.47 Å². The second-order valence-electron chi connectivity index (χ2n) is 11.1. The van der Waals surface area contributed by atoms with Crippen molar-refractivity contribution < 1.29 is 27.5 Å². The van der Waals surface area contributed by atoms with Crippen LogP contribution in [-0.4, -0.2) is 69.5 Å². The third-order valence-electron chi connectivity index (χ3n) is 7.01. The first kappa shape index (κ1) is 27.9. The number of para-hydroxylation sites is 1. The molecule has 1 saturated heterocycles. The lowest BCUT2D eigenvalue weighted by Gasteiger charge is -2.40. The molecule has 0 bridgehead atoms. The quantitative estimate of drug-likeness (QED) is 0.574. The SMILES string of the molecule is CC(C)(C)OC(=O)NC(COCc1ccccc1)C(=O)N1CCC2(CC1)CN(S(C)(=O)=O)c1ccccc12. The number of alkyl carbamates (subject to hydrolysis) is 1. The fourth-order valence-corrected chi connectivity index (χ4v) is 6.18. The molecular formula is C28H37N3O6S. The molecule has 206 valence electrons. The number of carbonyl (C=O) groups is 2. The number of amides is 2. The van der Waals surface area contributed by atoms with Crippen molar-refractivity contribution in [2.45, 2.75) is 57.3 Å². The van der Waals surface area contributed by atoms with E-state index >= 15 is 0 Å². The van der Waals surface area contributed by atoms with Gasteiger partial charge in [0.25, 0.3) is 0 Å². The molecule has 38 heavy (non-hydrogen) atoms. The Kier molecular flexibility index (Phi) is 8.04. The maximum Gasteiger partial charge on any atom is 0.408 e. The van der Waals surface area contributed by atoms with Crippen molar-refractivity contribution >= 4 is 27.7 Å². The first-order valence-corrected chi connectivity index (χ1v) is 14.7. The number of nitrogens with zero attached hydrogens (tertiary/aromatic N) is 2. The second kappa shape index (κ2) is 10.9. The summed E-state index contributed by atoms with van der Waals surface area (Å²) < 4.78 is 37.7. The number of ether oxygens (including phenoxy) is 2. The molecule has 1 atom stereocenters. The van der Waals surface area contributed by atoms with Gasteiger partial charge < -0.3 is 19.7 Å². The number of carbonyl (C=O) groups excluding carboxylic acids is 2. The molecule has 2 aliphatic rings. The van der Waals surface area contributed by atoms with E-state index in [2.05, 4.69) is 5.32 Å². The molecule has 1 N–H and O–H groups in total. The number of anilines is 1. The van der Waals surface area contributed by atoms with Crippen LogP contribution >= 0.6 is 0 Å². The molecule has 2 amide bonds. The van der Waals surface area contributed by atoms with Gasteiger partial charge in [-0.1, -0.05) is 48.5 Å². The Labute approximate surface area is 225 Å². The molecule has 2 aromatic rings. The molecule has 0 radical (unpaired) electrons. The van der Waals surface area contributed by atoms with Crippen LogP contribution in [0.2, 0.25) is 0 Å². The summed E-state index contributed by atoms with van der Waals surface area (Å²) in [4.78, 5) is 27.8. The molecule has 2 aromatic carbocycles. The molecule has 0 aliphatic carbocycles. The molecule has 9 nitrogen and oxygen atoms in total. The highest BCUT2D eigenvalue weighted by Crippen LogP contribution is 2.47. The number of sulfonamides is 1. The van der Waals surface area contributed by atoms with E-state index in [9.17, 15) is 18.0 Å². The number of benzene rings is 2. The van der Waals surface area contributed by atoms with Crippen LogP contribution in [0.3, 0.4) is 0 Å². The Hall–Kier alpha value is -3.11. The van der Waals surface area contributed by atoms with Gasteiger partial charge in [0.05, 0.1) is 25.2 Å². The summed E-state index contributed by atoms with van der Waals surface area (Å²) in [6.07, 6.45) is 1.78. The third kappa shape index (κ3) is 6.47. The van der Waals surface area contributed by atoms with E-state index < -0.39 is 27.8 Å². The summed E-state index contributed by atoms with van der Waals surface area (Å²) in [5.74, 6) is -0.245. The number of fused-ring (bicyclic) bond motifs is 2. The molecule has 0 saturated carbocycles. The lowest BCUT2D eigenvalue weighted by Crippen LogP contribution is -2.55. The van der Waals surface area contributed by atoms with E-state index in [1.807, 2.05) is 54.6 Å². The Bertz CT molecular complexity index is 1250. The van der Waals surface area contributed by atoms with E-state index in [-0.39, 0.29) is 17.9 Å². The molecule has 1 unspecified atom stereocenters. The highest BCUT2D eigenvalue weighted by Gasteiger charge is 2.47. The lowest BCUT2D eigenvalue weighted by molar-refractivity contribution is -0.136. The van der Waals surface area contributed by atoms with Gasteiger partial charge in [0, 0.05) is 25.0 Å². The molecule has 1 fully saturated rings. The molecule has 2 heterocycles. The predicted octanol–water partition coefficient (Wildman–Crippen LogP) is 3.44. The van der Waals surface area contributed by atoms with Gasteiger partial charge >= 0.3 is 6.09 Å². The van der Waals surface area contributed by atoms with Crippen molar-refractivity contribution in [1.82, 2.24) is 10.2 Å². The highest BCUT2D eigenvalue weighted by atomic mass is 32.2. The average molecular weight is 544 g/mol. The molecule has 2 aliphatic heterocycles. The van der Waals surface area contributed by atoms with Crippen molar-refractivity contribution in [2.24, 2.45) is 0 Å². The predicted molar refractivity (Wildman–Crippen MR) is 145 cm³/mol. The largest absolute Gasteiger partial charge is 0.444 e. The van der Waals surface area contributed by atoms with Crippen LogP contribution in [0.1, 0.15) is 44.7 Å². The molecule has 10 heteroatoms. The zero-order chi connectivity index (χ0) is 27.6. The summed E-state index contributed by atoms with van der Waals surface area (Å²) in [5.41, 5.74) is 1.63. The minimum absolute atomic E-state index is 0.000692. The minimum Gasteiger partial charge on any atom is -0.444 e. The van der Waals surface area contributed by atoms with Crippen molar-refractivity contribution in [3.8, 4) is 0 Å². The van der Waals surface area contributed by atoms with Crippen molar-refractivity contribution in [2.75, 3.05) is 36.8 Å². The number of hydrogen-bond acceptors (Lipinski definition) is 6. The number of piperidine rings is 1. The van der Waals surface area contributed by atoms with E-state index in [1.165, 1.54) is 10.6 Å². The number of nitrogens with one attached hydrogen (secondary N) is 1. The maximum atomic E-state index is 13.6. The molecule has 4 rings (SSSR count). The standard InChI is InChI=1S/C28H37N3O6S/c1-27(2,3)37-26(33)29-23(19-36-18-21-10-6-5-7-11-21)25(32)30-16-14-28(15-17-30)20-31(38(4,34)35)24-13-9-8-12-22(24)28/h5-13,23H,14-20H2,1-4H3,(H,29,33). The Morgan fingerprint density at radius 1 is 1.03 bits per heavy atom. The van der Waals surface area contributed by atoms with Crippen LogP contribution < -0.4 is 9.62 Å². The zero-order valence-electron chi connectivity index (χ0n) is 22.5. The van der Waals surface area contributed by atoms with Gasteiger partial charge in [0.2, 0.25) is 15.9 Å². The summed E-state index contributed by atoms with van der Waals surface area (Å²) in [7, 11) is -3.42. The Balaban J connectivity index is 1.45. The first-order valence-electron chi connectivity index (χ1n) is 12.9. The summed E-state index contributed by atoms with van der Waals surface area (Å²) in [5, 5.41) is 2.70. The first-order chi connectivity index (χ1) is 17.9. The maximum absolute atomic E-state index is 13.6. The van der Waals surface area contributed by atoms with Gasteiger partial charge in [-0.3, -0.25) is 9.10 Å². The van der Waals surface area contributed by atoms with E-state index in [1.54, 1.807) is 25.7 Å². The smallest absolute Gasteiger partial charge is 0.408 e. The zero-order valence-corrected chi connectivity index (χ0v) is 23.3. The number of hydrogen-bond donors (Lipinski definition) is 1. The lowest BCUT2D eigenvalue weighted by atomic mass is 9.74. The van der Waals surface area contributed by atoms with Gasteiger partial charge in [-0.25, -0.2) is 13.2 Å². The number of likely N-dealkylation sites (tertiary alicyclic amines) is 1. The fourth-order valence-electron chi connectivity index (χ4n) is 5.18. The van der Waals surface area contributed by atoms with Crippen LogP contribution in [-0.2, 0) is 36.3 Å². The van der Waals surface area contributed by atoms with Crippen LogP contribution in [0.5, 0.6) is 0 Å². The topological polar surface area (TPSA) is 105 Å². The normalized spacial score (nSPS) is 17.7. The van der Waals surface area contributed by atoms with Gasteiger partial charge in [-0.15, -0.1) is 0 Å². The van der Waals surface area contributed by atoms with Crippen molar-refractivity contribution in [1.29, 1.82) is 0 Å². The molecule has 1 spiro atoms. The van der Waals surface area contributed by atoms with Crippen LogP contribution in [0.4, 0.5) is 10.5 Å². The van der Waals surface area contributed by atoms with Gasteiger partial charge in [-0.05, 0) is 50.8 Å². The Morgan fingerprint density at radius 2 is 1.66 bits per heavy atom. The minimum atomic E-state index is -3.42. The van der Waals surface area contributed by atoms with E-state index in [0.29, 0.717) is 44.8 Å². The monoisotopic (exact) mass is 543 g/mol. The second-order valence-corrected chi connectivity index (χ2v) is 13.0. The van der Waals surface area contributed by atoms with Crippen LogP contribution in [0.25, 0.3) is 0 Å². The summed E-state index contributed by atoms with van der Waals surface area (Å²) in [6, 6.07) is 16.3. The van der Waals surface area contributed by atoms with Gasteiger partial charge in [0.15, 0.2) is 0 Å². The van der Waals surface area contributed by atoms with Crippen molar-refractivity contribution in [3.63, 3.8) is 0 Å². The summed E-state index contributed by atoms with van der Waals surface area (Å²) >= 11 is 0. The van der Waals surface area contributed by atoms with E-state index in [0.717, 1.165) is 11.1 Å². The van der Waals surface area contributed by atoms with Gasteiger partial charge in [-0.2, -0.15) is 0 Å². The molecule has 0 aromatic heterocycles. The fraction of sp³-hybridized carbons (Fsp3) is 0.500. The number of rotatable bonds is 7. The average Bonchev–Trinajstić information content (AvgIpc) is 3.18. The Morgan fingerprint density at radius 3 is 2.29 bits per heavy atom. The van der Waals surface area contributed by atoms with Crippen LogP contribution in [0, 0.1) is 0 Å².